The van der Waals surface area contributed by atoms with Gasteiger partial charge in [0.1, 0.15) is 0 Å². The maximum absolute atomic E-state index is 11.3. The van der Waals surface area contributed by atoms with Crippen molar-refractivity contribution < 1.29 is 29.7 Å². The van der Waals surface area contributed by atoms with E-state index in [4.69, 9.17) is 0 Å². The number of hydrogen-bond donors (Lipinski definition) is 0. The van der Waals surface area contributed by atoms with Crippen LogP contribution in [0.25, 0.3) is 0 Å². The van der Waals surface area contributed by atoms with Gasteiger partial charge in [-0.1, -0.05) is 86.3 Å². The molecule has 0 heterocycles. The Balaban J connectivity index is 0.000000403. The molecular weight excluding hydrogens is 338 g/mol. The average Bonchev–Trinajstić information content (AvgIpc) is 2.38. The van der Waals surface area contributed by atoms with E-state index in [2.05, 4.69) is 0 Å². The van der Waals surface area contributed by atoms with E-state index in [0.717, 1.165) is 22.3 Å². The molecule has 0 fully saturated rings. The first-order valence-corrected chi connectivity index (χ1v) is 7.77. The van der Waals surface area contributed by atoms with E-state index in [1.165, 1.54) is 0 Å². The molecule has 2 nitrogen and oxygen atoms in total. The fourth-order valence-electron chi connectivity index (χ4n) is 2.24. The third kappa shape index (κ3) is 6.75. The van der Waals surface area contributed by atoms with Crippen LogP contribution in [0.2, 0.25) is 0 Å². The van der Waals surface area contributed by atoms with Crippen molar-refractivity contribution in [2.24, 2.45) is 0 Å². The zero-order chi connectivity index (χ0) is 16.9. The van der Waals surface area contributed by atoms with E-state index in [1.807, 2.05) is 65.8 Å². The maximum atomic E-state index is 11.3. The molecule has 0 aromatic heterocycles. The first-order chi connectivity index (χ1) is 10.2. The van der Waals surface area contributed by atoms with E-state index in [0.29, 0.717) is 11.8 Å². The molecule has 23 heavy (non-hydrogen) atoms. The van der Waals surface area contributed by atoms with Gasteiger partial charge in [-0.3, -0.25) is 0 Å². The van der Waals surface area contributed by atoms with Crippen molar-refractivity contribution in [1.29, 1.82) is 0 Å². The molecule has 2 aromatic carbocycles. The fourth-order valence-corrected chi connectivity index (χ4v) is 2.24. The Labute approximate surface area is 153 Å². The van der Waals surface area contributed by atoms with Gasteiger partial charge in [0.25, 0.3) is 0 Å². The van der Waals surface area contributed by atoms with Crippen molar-refractivity contribution in [2.45, 2.75) is 53.4 Å². The van der Waals surface area contributed by atoms with E-state index < -0.39 is 0 Å². The summed E-state index contributed by atoms with van der Waals surface area (Å²) in [5.74, 6) is 1.01. The van der Waals surface area contributed by atoms with Crippen molar-refractivity contribution in [3.63, 3.8) is 0 Å². The van der Waals surface area contributed by atoms with Gasteiger partial charge in [-0.15, -0.1) is 11.5 Å². The van der Waals surface area contributed by atoms with E-state index in [9.17, 15) is 10.2 Å². The minimum atomic E-state index is 0. The summed E-state index contributed by atoms with van der Waals surface area (Å²) in [6.45, 7) is 12.0. The molecule has 0 aliphatic carbocycles. The number of hydrogen-bond acceptors (Lipinski definition) is 2. The quantitative estimate of drug-likeness (QED) is 0.743. The predicted octanol–water partition coefficient (Wildman–Crippen LogP) is 4.38. The van der Waals surface area contributed by atoms with E-state index in [-0.39, 0.29) is 31.0 Å². The van der Waals surface area contributed by atoms with Crippen molar-refractivity contribution in [3.8, 4) is 11.5 Å². The van der Waals surface area contributed by atoms with E-state index >= 15 is 0 Å². The van der Waals surface area contributed by atoms with Crippen LogP contribution >= 0.6 is 0 Å². The molecule has 0 unspecified atom stereocenters. The van der Waals surface area contributed by atoms with Crippen LogP contribution in [0.5, 0.6) is 11.5 Å². The topological polar surface area (TPSA) is 46.1 Å². The second-order valence-corrected chi connectivity index (χ2v) is 6.39. The molecule has 0 atom stereocenters. The summed E-state index contributed by atoms with van der Waals surface area (Å²) in [6.07, 6.45) is 0. The maximum Gasteiger partial charge on any atom is 2.00 e. The summed E-state index contributed by atoms with van der Waals surface area (Å²) >= 11 is 0. The minimum absolute atomic E-state index is 0. The Morgan fingerprint density at radius 3 is 1.17 bits per heavy atom. The Morgan fingerprint density at radius 1 is 0.652 bits per heavy atom. The standard InChI is InChI=1S/2C10H14O.Zn/c2*1-7(2)9-5-4-8(3)6-10(9)11;/h2*4-7,11H,1-3H3;/q;;+2/p-2. The molecule has 0 amide bonds. The molecule has 0 N–H and O–H groups in total. The Hall–Kier alpha value is -1.34. The first-order valence-electron chi connectivity index (χ1n) is 7.77. The van der Waals surface area contributed by atoms with Gasteiger partial charge in [0.2, 0.25) is 0 Å². The van der Waals surface area contributed by atoms with Gasteiger partial charge in [0, 0.05) is 0 Å². The molecule has 0 aliphatic rings. The molecule has 2 rings (SSSR count). The third-order valence-corrected chi connectivity index (χ3v) is 3.58. The van der Waals surface area contributed by atoms with E-state index in [1.54, 1.807) is 12.1 Å². The molecule has 120 valence electrons. The molecule has 2 aromatic rings. The van der Waals surface area contributed by atoms with Crippen LogP contribution in [0.3, 0.4) is 0 Å². The summed E-state index contributed by atoms with van der Waals surface area (Å²) in [5, 5.41) is 22.6. The molecule has 0 spiro atoms. The van der Waals surface area contributed by atoms with Gasteiger partial charge in [-0.25, -0.2) is 0 Å². The predicted molar refractivity (Wildman–Crippen MR) is 89.4 cm³/mol. The van der Waals surface area contributed by atoms with Crippen molar-refractivity contribution in [1.82, 2.24) is 0 Å². The largest absolute Gasteiger partial charge is 2.00 e. The molecular formula is C20H26O2Zn. The van der Waals surface area contributed by atoms with Crippen LogP contribution < -0.4 is 10.2 Å². The van der Waals surface area contributed by atoms with Crippen LogP contribution in [-0.2, 0) is 19.5 Å². The van der Waals surface area contributed by atoms with Crippen molar-refractivity contribution >= 4 is 0 Å². The van der Waals surface area contributed by atoms with Gasteiger partial charge < -0.3 is 10.2 Å². The monoisotopic (exact) mass is 362 g/mol. The van der Waals surface area contributed by atoms with Crippen molar-refractivity contribution in [2.75, 3.05) is 0 Å². The smallest absolute Gasteiger partial charge is 0.872 e. The normalized spacial score (nSPS) is 10.1. The average molecular weight is 364 g/mol. The Bertz CT molecular complexity index is 564. The Kier molecular flexibility index (Phi) is 9.16. The van der Waals surface area contributed by atoms with Gasteiger partial charge in [0.05, 0.1) is 0 Å². The van der Waals surface area contributed by atoms with Crippen molar-refractivity contribution in [3.05, 3.63) is 58.7 Å². The van der Waals surface area contributed by atoms with Crippen LogP contribution in [0.4, 0.5) is 0 Å². The van der Waals surface area contributed by atoms with Crippen LogP contribution in [0.15, 0.2) is 36.4 Å². The molecule has 0 bridgehead atoms. The molecule has 3 heteroatoms. The third-order valence-electron chi connectivity index (χ3n) is 3.58. The summed E-state index contributed by atoms with van der Waals surface area (Å²) in [7, 11) is 0. The number of aryl methyl sites for hydroxylation is 2. The Morgan fingerprint density at radius 2 is 0.957 bits per heavy atom. The fraction of sp³-hybridized carbons (Fsp3) is 0.400. The molecule has 0 saturated carbocycles. The first kappa shape index (κ1) is 21.7. The summed E-state index contributed by atoms with van der Waals surface area (Å²) in [6, 6.07) is 11.2. The second-order valence-electron chi connectivity index (χ2n) is 6.39. The zero-order valence-electron chi connectivity index (χ0n) is 15.1. The summed E-state index contributed by atoms with van der Waals surface area (Å²) < 4.78 is 0. The van der Waals surface area contributed by atoms with Gasteiger partial charge in [0.15, 0.2) is 0 Å². The number of benzene rings is 2. The molecule has 0 aliphatic heterocycles. The zero-order valence-corrected chi connectivity index (χ0v) is 18.1. The van der Waals surface area contributed by atoms with Gasteiger partial charge in [-0.05, 0) is 25.7 Å². The SMILES string of the molecule is Cc1ccc(C(C)C)c([O-])c1.Cc1ccc(C(C)C)c([O-])c1.[Zn+2]. The van der Waals surface area contributed by atoms with Crippen LogP contribution in [0, 0.1) is 13.8 Å². The van der Waals surface area contributed by atoms with Crippen LogP contribution in [0.1, 0.15) is 61.8 Å². The molecule has 0 radical (unpaired) electrons. The minimum Gasteiger partial charge on any atom is -0.872 e. The summed E-state index contributed by atoms with van der Waals surface area (Å²) in [4.78, 5) is 0. The summed E-state index contributed by atoms with van der Waals surface area (Å²) in [5.41, 5.74) is 3.91. The second kappa shape index (κ2) is 9.72. The molecule has 0 saturated heterocycles. The van der Waals surface area contributed by atoms with Crippen LogP contribution in [-0.4, -0.2) is 0 Å². The van der Waals surface area contributed by atoms with Gasteiger partial charge in [-0.2, -0.15) is 0 Å². The number of rotatable bonds is 2. The van der Waals surface area contributed by atoms with Gasteiger partial charge >= 0.3 is 19.5 Å².